The van der Waals surface area contributed by atoms with Crippen LogP contribution < -0.4 is 5.43 Å². The lowest BCUT2D eigenvalue weighted by molar-refractivity contribution is 0.263. The van der Waals surface area contributed by atoms with Crippen LogP contribution in [0.15, 0.2) is 28.4 Å². The molecule has 1 unspecified atom stereocenters. The summed E-state index contributed by atoms with van der Waals surface area (Å²) in [4.78, 5) is 4.61. The van der Waals surface area contributed by atoms with Crippen LogP contribution in [0.4, 0.5) is 0 Å². The Labute approximate surface area is 140 Å². The fourth-order valence-corrected chi connectivity index (χ4v) is 2.88. The van der Waals surface area contributed by atoms with E-state index < -0.39 is 6.10 Å². The van der Waals surface area contributed by atoms with Gasteiger partial charge in [-0.25, -0.2) is 4.98 Å². The zero-order valence-electron chi connectivity index (χ0n) is 13.6. The molecule has 0 aromatic carbocycles. The Morgan fingerprint density at radius 3 is 2.91 bits per heavy atom. The monoisotopic (exact) mass is 334 g/mol. The molecule has 0 radical (unpaired) electrons. The molecule has 3 N–H and O–H groups in total. The van der Waals surface area contributed by atoms with Crippen LogP contribution in [0.5, 0.6) is 0 Å². The molecule has 0 fully saturated rings. The van der Waals surface area contributed by atoms with E-state index in [0.717, 1.165) is 29.3 Å². The van der Waals surface area contributed by atoms with Gasteiger partial charge in [-0.2, -0.15) is 5.10 Å². The fourth-order valence-electron chi connectivity index (χ4n) is 2.13. The van der Waals surface area contributed by atoms with Gasteiger partial charge >= 0.3 is 0 Å². The van der Waals surface area contributed by atoms with Crippen LogP contribution in [0.1, 0.15) is 37.4 Å². The average molecular weight is 334 g/mol. The van der Waals surface area contributed by atoms with Gasteiger partial charge in [0.25, 0.3) is 0 Å². The molecule has 0 amide bonds. The number of hydrogen-bond acceptors (Lipinski definition) is 7. The van der Waals surface area contributed by atoms with Crippen LogP contribution >= 0.6 is 11.3 Å². The summed E-state index contributed by atoms with van der Waals surface area (Å²) in [6.07, 6.45) is 5.07. The maximum atomic E-state index is 9.33. The number of hydrogen-bond donors (Lipinski definition) is 3. The van der Waals surface area contributed by atoms with E-state index in [1.807, 2.05) is 11.5 Å². The molecule has 1 heterocycles. The summed E-state index contributed by atoms with van der Waals surface area (Å²) in [7, 11) is 1.69. The first-order valence-corrected chi connectivity index (χ1v) is 8.31. The van der Waals surface area contributed by atoms with Crippen molar-refractivity contribution in [2.45, 2.75) is 39.3 Å². The van der Waals surface area contributed by atoms with Gasteiger partial charge in [-0.3, -0.25) is 0 Å². The topological polar surface area (TPSA) is 90.6 Å². The Balaban J connectivity index is 1.93. The number of rotatable bonds is 7. The summed E-state index contributed by atoms with van der Waals surface area (Å²) in [6, 6.07) is 0. The van der Waals surface area contributed by atoms with Gasteiger partial charge in [0, 0.05) is 11.8 Å². The number of aromatic nitrogens is 1. The quantitative estimate of drug-likeness (QED) is 0.528. The van der Waals surface area contributed by atoms with Crippen molar-refractivity contribution in [1.29, 1.82) is 5.41 Å². The van der Waals surface area contributed by atoms with Gasteiger partial charge in [0.05, 0.1) is 42.6 Å². The van der Waals surface area contributed by atoms with Crippen LogP contribution in [0.3, 0.4) is 0 Å². The van der Waals surface area contributed by atoms with Crippen molar-refractivity contribution < 1.29 is 9.84 Å². The smallest absolute Gasteiger partial charge is 0.114 e. The van der Waals surface area contributed by atoms with E-state index >= 15 is 0 Å². The minimum Gasteiger partial charge on any atom is -0.501 e. The molecule has 1 aromatic rings. The van der Waals surface area contributed by atoms with E-state index in [0.29, 0.717) is 12.3 Å². The SMILES string of the molecule is COC1=CC=C(c2csc(CN/N=C(/C)C(=N)C(C)O)n2)CC1. The maximum Gasteiger partial charge on any atom is 0.114 e. The third kappa shape index (κ3) is 4.74. The first-order valence-electron chi connectivity index (χ1n) is 7.43. The molecule has 1 aromatic heterocycles. The molecule has 2 rings (SSSR count). The number of aliphatic hydroxyl groups excluding tert-OH is 1. The molecule has 7 heteroatoms. The summed E-state index contributed by atoms with van der Waals surface area (Å²) in [6.45, 7) is 3.75. The lowest BCUT2D eigenvalue weighted by atomic mass is 10.0. The van der Waals surface area contributed by atoms with E-state index in [4.69, 9.17) is 10.1 Å². The van der Waals surface area contributed by atoms with Gasteiger partial charge in [-0.1, -0.05) is 6.08 Å². The second kappa shape index (κ2) is 8.03. The predicted octanol–water partition coefficient (Wildman–Crippen LogP) is 2.72. The van der Waals surface area contributed by atoms with E-state index in [-0.39, 0.29) is 5.71 Å². The van der Waals surface area contributed by atoms with Crippen LogP contribution in [-0.4, -0.2) is 34.7 Å². The number of methoxy groups -OCH3 is 1. The Bertz CT molecular complexity index is 659. The van der Waals surface area contributed by atoms with Crippen molar-refractivity contribution >= 4 is 28.3 Å². The Hall–Kier alpha value is -1.99. The highest BCUT2D eigenvalue weighted by molar-refractivity contribution is 7.09. The Morgan fingerprint density at radius 2 is 2.30 bits per heavy atom. The van der Waals surface area contributed by atoms with Crippen LogP contribution in [0.25, 0.3) is 5.57 Å². The predicted molar refractivity (Wildman–Crippen MR) is 93.8 cm³/mol. The Kier molecular flexibility index (Phi) is 6.06. The van der Waals surface area contributed by atoms with E-state index in [2.05, 4.69) is 21.6 Å². The lowest BCUT2D eigenvalue weighted by Gasteiger charge is -2.11. The van der Waals surface area contributed by atoms with Gasteiger partial charge < -0.3 is 20.7 Å². The molecule has 23 heavy (non-hydrogen) atoms. The average Bonchev–Trinajstić information content (AvgIpc) is 3.02. The molecule has 124 valence electrons. The number of hydrazone groups is 1. The number of ether oxygens (including phenoxy) is 1. The summed E-state index contributed by atoms with van der Waals surface area (Å²) < 4.78 is 5.23. The molecule has 0 saturated heterocycles. The molecule has 0 bridgehead atoms. The molecule has 1 aliphatic carbocycles. The van der Waals surface area contributed by atoms with E-state index in [1.54, 1.807) is 32.3 Å². The van der Waals surface area contributed by atoms with E-state index in [1.165, 1.54) is 5.57 Å². The second-order valence-corrected chi connectivity index (χ2v) is 6.22. The minimum absolute atomic E-state index is 0.116. The van der Waals surface area contributed by atoms with Crippen molar-refractivity contribution in [3.8, 4) is 0 Å². The third-order valence-electron chi connectivity index (χ3n) is 3.54. The first-order chi connectivity index (χ1) is 11.0. The van der Waals surface area contributed by atoms with Gasteiger partial charge in [0.1, 0.15) is 5.01 Å². The van der Waals surface area contributed by atoms with E-state index in [9.17, 15) is 5.11 Å². The van der Waals surface area contributed by atoms with Crippen LogP contribution in [-0.2, 0) is 11.3 Å². The largest absolute Gasteiger partial charge is 0.501 e. The van der Waals surface area contributed by atoms with Crippen molar-refractivity contribution in [1.82, 2.24) is 10.4 Å². The highest BCUT2D eigenvalue weighted by Crippen LogP contribution is 2.27. The van der Waals surface area contributed by atoms with Crippen molar-refractivity contribution in [3.63, 3.8) is 0 Å². The fraction of sp³-hybridized carbons (Fsp3) is 0.438. The first kappa shape index (κ1) is 17.4. The van der Waals surface area contributed by atoms with Crippen molar-refractivity contribution in [2.75, 3.05) is 7.11 Å². The van der Waals surface area contributed by atoms with Gasteiger partial charge in [0.15, 0.2) is 0 Å². The highest BCUT2D eigenvalue weighted by atomic mass is 32.1. The molecular formula is C16H22N4O2S. The molecule has 0 spiro atoms. The zero-order valence-corrected chi connectivity index (χ0v) is 14.4. The molecule has 0 saturated carbocycles. The summed E-state index contributed by atoms with van der Waals surface area (Å²) >= 11 is 1.58. The highest BCUT2D eigenvalue weighted by Gasteiger charge is 2.12. The number of aliphatic hydroxyl groups is 1. The van der Waals surface area contributed by atoms with Crippen LogP contribution in [0.2, 0.25) is 0 Å². The van der Waals surface area contributed by atoms with Crippen LogP contribution in [0, 0.1) is 5.41 Å². The minimum atomic E-state index is -0.810. The summed E-state index contributed by atoms with van der Waals surface area (Å²) in [5, 5.41) is 24.0. The van der Waals surface area contributed by atoms with Gasteiger partial charge in [-0.05, 0) is 31.9 Å². The Morgan fingerprint density at radius 1 is 1.52 bits per heavy atom. The normalized spacial score (nSPS) is 16.4. The summed E-state index contributed by atoms with van der Waals surface area (Å²) in [5.74, 6) is 0.997. The van der Waals surface area contributed by atoms with Crippen molar-refractivity contribution in [3.05, 3.63) is 34.0 Å². The number of thiazole rings is 1. The lowest BCUT2D eigenvalue weighted by Crippen LogP contribution is -2.24. The maximum absolute atomic E-state index is 9.33. The molecule has 6 nitrogen and oxygen atoms in total. The molecule has 1 aliphatic rings. The number of nitrogens with zero attached hydrogens (tertiary/aromatic N) is 2. The standard InChI is InChI=1S/C16H22N4O2S/c1-10(16(17)11(2)21)20-18-8-15-19-14(9-23-15)12-4-6-13(22-3)7-5-12/h4,6,9,11,17-18,21H,5,7-8H2,1-3H3/b17-16?,20-10-. The number of nitrogens with one attached hydrogen (secondary N) is 2. The zero-order chi connectivity index (χ0) is 16.8. The van der Waals surface area contributed by atoms with Gasteiger partial charge in [-0.15, -0.1) is 11.3 Å². The van der Waals surface area contributed by atoms with Crippen molar-refractivity contribution in [2.24, 2.45) is 5.10 Å². The molecular weight excluding hydrogens is 312 g/mol. The van der Waals surface area contributed by atoms with Gasteiger partial charge in [0.2, 0.25) is 0 Å². The summed E-state index contributed by atoms with van der Waals surface area (Å²) in [5.41, 5.74) is 5.70. The third-order valence-corrected chi connectivity index (χ3v) is 4.39. The number of allylic oxidation sites excluding steroid dienone is 4. The molecule has 0 aliphatic heterocycles. The molecule has 1 atom stereocenters. The second-order valence-electron chi connectivity index (χ2n) is 5.28.